The van der Waals surface area contributed by atoms with Crippen LogP contribution >= 0.6 is 11.6 Å². The van der Waals surface area contributed by atoms with E-state index in [0.717, 1.165) is 48.8 Å². The van der Waals surface area contributed by atoms with E-state index in [1.54, 1.807) is 12.4 Å². The number of anilines is 2. The molecule has 1 saturated heterocycles. The molecule has 160 valence electrons. The largest absolute Gasteiger partial charge is 0.368 e. The Kier molecular flexibility index (Phi) is 5.73. The number of hydrogen-bond acceptors (Lipinski definition) is 5. The maximum Gasteiger partial charge on any atom is 0.163 e. The second-order valence-corrected chi connectivity index (χ2v) is 8.38. The van der Waals surface area contributed by atoms with Gasteiger partial charge in [0.2, 0.25) is 0 Å². The van der Waals surface area contributed by atoms with Crippen molar-refractivity contribution in [1.82, 2.24) is 15.0 Å². The Morgan fingerprint density at radius 2 is 1.53 bits per heavy atom. The summed E-state index contributed by atoms with van der Waals surface area (Å²) in [5, 5.41) is 0.711. The van der Waals surface area contributed by atoms with E-state index in [1.807, 2.05) is 36.4 Å². The fraction of sp³-hybridized carbons (Fsp3) is 0.192. The molecule has 1 fully saturated rings. The highest BCUT2D eigenvalue weighted by Crippen LogP contribution is 2.28. The molecule has 2 aromatic heterocycles. The number of benzene rings is 2. The Morgan fingerprint density at radius 1 is 0.781 bits per heavy atom. The molecule has 0 bridgehead atoms. The number of hydrogen-bond donors (Lipinski definition) is 0. The molecule has 6 heteroatoms. The Balaban J connectivity index is 1.46. The van der Waals surface area contributed by atoms with E-state index < -0.39 is 0 Å². The van der Waals surface area contributed by atoms with Crippen molar-refractivity contribution in [3.8, 4) is 22.6 Å². The zero-order valence-corrected chi connectivity index (χ0v) is 18.7. The van der Waals surface area contributed by atoms with Crippen LogP contribution in [0, 0.1) is 6.92 Å². The first-order valence-corrected chi connectivity index (χ1v) is 11.2. The van der Waals surface area contributed by atoms with Gasteiger partial charge in [-0.05, 0) is 42.8 Å². The number of para-hydroxylation sites is 1. The first-order valence-electron chi connectivity index (χ1n) is 10.8. The zero-order valence-electron chi connectivity index (χ0n) is 17.9. The van der Waals surface area contributed by atoms with E-state index in [0.29, 0.717) is 10.8 Å². The maximum atomic E-state index is 6.10. The van der Waals surface area contributed by atoms with Crippen molar-refractivity contribution in [2.45, 2.75) is 6.92 Å². The standard InChI is InChI=1S/C26H24ClN5/c1-19-5-2-3-7-24(19)31-13-15-32(16-14-31)25-17-23(20-8-10-22(27)11-9-20)29-26(30-25)21-6-4-12-28-18-21/h2-12,17-18H,13-16H2,1H3. The van der Waals surface area contributed by atoms with Crippen molar-refractivity contribution in [2.75, 3.05) is 36.0 Å². The van der Waals surface area contributed by atoms with Crippen molar-refractivity contribution >= 4 is 23.1 Å². The first-order chi connectivity index (χ1) is 15.7. The van der Waals surface area contributed by atoms with Crippen molar-refractivity contribution in [3.05, 3.63) is 89.7 Å². The molecule has 1 aliphatic heterocycles. The fourth-order valence-electron chi connectivity index (χ4n) is 4.08. The first kappa shape index (κ1) is 20.5. The zero-order chi connectivity index (χ0) is 21.9. The van der Waals surface area contributed by atoms with Crippen LogP contribution in [0.3, 0.4) is 0 Å². The van der Waals surface area contributed by atoms with Crippen molar-refractivity contribution in [3.63, 3.8) is 0 Å². The van der Waals surface area contributed by atoms with Crippen molar-refractivity contribution in [1.29, 1.82) is 0 Å². The molecule has 0 N–H and O–H groups in total. The second kappa shape index (κ2) is 8.97. The fourth-order valence-corrected chi connectivity index (χ4v) is 4.21. The number of aryl methyl sites for hydroxylation is 1. The summed E-state index contributed by atoms with van der Waals surface area (Å²) in [6.45, 7) is 5.88. The summed E-state index contributed by atoms with van der Waals surface area (Å²) >= 11 is 6.10. The number of piperazine rings is 1. The van der Waals surface area contributed by atoms with Crippen LogP contribution < -0.4 is 9.80 Å². The molecule has 1 aliphatic rings. The van der Waals surface area contributed by atoms with Gasteiger partial charge in [-0.1, -0.05) is 41.9 Å². The molecule has 0 aliphatic carbocycles. The number of halogens is 1. The van der Waals surface area contributed by atoms with Gasteiger partial charge >= 0.3 is 0 Å². The third kappa shape index (κ3) is 4.30. The van der Waals surface area contributed by atoms with E-state index in [-0.39, 0.29) is 0 Å². The Labute approximate surface area is 193 Å². The monoisotopic (exact) mass is 441 g/mol. The summed E-state index contributed by atoms with van der Waals surface area (Å²) < 4.78 is 0. The van der Waals surface area contributed by atoms with Crippen LogP contribution in [0.5, 0.6) is 0 Å². The Hall–Kier alpha value is -3.44. The molecule has 0 saturated carbocycles. The van der Waals surface area contributed by atoms with Crippen LogP contribution in [-0.2, 0) is 0 Å². The summed E-state index contributed by atoms with van der Waals surface area (Å²) in [4.78, 5) is 18.8. The van der Waals surface area contributed by atoms with Gasteiger partial charge in [0.25, 0.3) is 0 Å². The number of aromatic nitrogens is 3. The average Bonchev–Trinajstić information content (AvgIpc) is 2.85. The lowest BCUT2D eigenvalue weighted by Crippen LogP contribution is -2.47. The summed E-state index contributed by atoms with van der Waals surface area (Å²) in [7, 11) is 0. The summed E-state index contributed by atoms with van der Waals surface area (Å²) in [5.74, 6) is 1.62. The third-order valence-corrected chi connectivity index (χ3v) is 6.08. The van der Waals surface area contributed by atoms with Crippen LogP contribution in [-0.4, -0.2) is 41.1 Å². The van der Waals surface area contributed by atoms with Gasteiger partial charge in [-0.25, -0.2) is 9.97 Å². The summed E-state index contributed by atoms with van der Waals surface area (Å²) in [6, 6.07) is 22.3. The van der Waals surface area contributed by atoms with Crippen LogP contribution in [0.15, 0.2) is 79.1 Å². The highest BCUT2D eigenvalue weighted by molar-refractivity contribution is 6.30. The van der Waals surface area contributed by atoms with E-state index in [4.69, 9.17) is 21.6 Å². The minimum absolute atomic E-state index is 0.682. The smallest absolute Gasteiger partial charge is 0.163 e. The normalized spacial score (nSPS) is 13.9. The highest BCUT2D eigenvalue weighted by Gasteiger charge is 2.21. The van der Waals surface area contributed by atoms with E-state index >= 15 is 0 Å². The molecule has 0 radical (unpaired) electrons. The lowest BCUT2D eigenvalue weighted by atomic mass is 10.1. The third-order valence-electron chi connectivity index (χ3n) is 5.83. The molecule has 5 rings (SSSR count). The van der Waals surface area contributed by atoms with Gasteiger partial charge < -0.3 is 9.80 Å². The second-order valence-electron chi connectivity index (χ2n) is 7.94. The molecule has 0 unspecified atom stereocenters. The predicted octanol–water partition coefficient (Wildman–Crippen LogP) is 5.49. The molecule has 0 spiro atoms. The maximum absolute atomic E-state index is 6.10. The molecule has 3 heterocycles. The molecular weight excluding hydrogens is 418 g/mol. The lowest BCUT2D eigenvalue weighted by molar-refractivity contribution is 0.646. The molecule has 5 nitrogen and oxygen atoms in total. The van der Waals surface area contributed by atoms with Gasteiger partial charge in [0, 0.05) is 66.5 Å². The molecule has 0 atom stereocenters. The quantitative estimate of drug-likeness (QED) is 0.418. The van der Waals surface area contributed by atoms with Gasteiger partial charge in [-0.2, -0.15) is 0 Å². The summed E-state index contributed by atoms with van der Waals surface area (Å²) in [6.07, 6.45) is 3.57. The summed E-state index contributed by atoms with van der Waals surface area (Å²) in [5.41, 5.74) is 5.43. The number of nitrogens with zero attached hydrogens (tertiary/aromatic N) is 5. The van der Waals surface area contributed by atoms with Crippen molar-refractivity contribution in [2.24, 2.45) is 0 Å². The van der Waals surface area contributed by atoms with E-state index in [1.165, 1.54) is 11.3 Å². The van der Waals surface area contributed by atoms with Crippen LogP contribution in [0.2, 0.25) is 5.02 Å². The minimum atomic E-state index is 0.682. The molecule has 0 amide bonds. The van der Waals surface area contributed by atoms with Crippen LogP contribution in [0.25, 0.3) is 22.6 Å². The predicted molar refractivity (Wildman–Crippen MR) is 131 cm³/mol. The molecular formula is C26H24ClN5. The molecule has 32 heavy (non-hydrogen) atoms. The van der Waals surface area contributed by atoms with Gasteiger partial charge in [0.15, 0.2) is 5.82 Å². The minimum Gasteiger partial charge on any atom is -0.368 e. The lowest BCUT2D eigenvalue weighted by Gasteiger charge is -2.37. The number of rotatable bonds is 4. The SMILES string of the molecule is Cc1ccccc1N1CCN(c2cc(-c3ccc(Cl)cc3)nc(-c3cccnc3)n2)CC1. The van der Waals surface area contributed by atoms with Gasteiger partial charge in [0.1, 0.15) is 5.82 Å². The van der Waals surface area contributed by atoms with Crippen LogP contribution in [0.4, 0.5) is 11.5 Å². The average molecular weight is 442 g/mol. The van der Waals surface area contributed by atoms with Gasteiger partial charge in [0.05, 0.1) is 5.69 Å². The van der Waals surface area contributed by atoms with Crippen molar-refractivity contribution < 1.29 is 0 Å². The molecule has 4 aromatic rings. The number of pyridine rings is 1. The van der Waals surface area contributed by atoms with E-state index in [9.17, 15) is 0 Å². The highest BCUT2D eigenvalue weighted by atomic mass is 35.5. The topological polar surface area (TPSA) is 45.2 Å². The van der Waals surface area contributed by atoms with E-state index in [2.05, 4.69) is 52.0 Å². The van der Waals surface area contributed by atoms with Gasteiger partial charge in [-0.15, -0.1) is 0 Å². The van der Waals surface area contributed by atoms with Gasteiger partial charge in [-0.3, -0.25) is 4.98 Å². The Bertz CT molecular complexity index is 1200. The Morgan fingerprint density at radius 3 is 2.25 bits per heavy atom. The van der Waals surface area contributed by atoms with Crippen LogP contribution in [0.1, 0.15) is 5.56 Å². The molecule has 2 aromatic carbocycles.